The minimum Gasteiger partial charge on any atom is -0.414 e. The summed E-state index contributed by atoms with van der Waals surface area (Å²) >= 11 is 0. The number of carbonyl (C=O) groups excluding carboxylic acids is 1. The molecule has 0 aromatic heterocycles. The molecule has 3 heteroatoms. The van der Waals surface area contributed by atoms with Gasteiger partial charge in [0.05, 0.1) is 0 Å². The smallest absolute Gasteiger partial charge is 0.192 e. The Morgan fingerprint density at radius 1 is 1.06 bits per heavy atom. The van der Waals surface area contributed by atoms with Crippen molar-refractivity contribution in [3.05, 3.63) is 11.6 Å². The molecule has 0 spiro atoms. The maximum absolute atomic E-state index is 12.9. The lowest BCUT2D eigenvalue weighted by atomic mass is 9.45. The topological polar surface area (TPSA) is 26.3 Å². The van der Waals surface area contributed by atoms with Crippen molar-refractivity contribution in [1.82, 2.24) is 0 Å². The van der Waals surface area contributed by atoms with Crippen molar-refractivity contribution in [2.75, 3.05) is 0 Å². The lowest BCUT2D eigenvalue weighted by molar-refractivity contribution is -0.133. The average molecular weight is 445 g/mol. The molecule has 0 bridgehead atoms. The van der Waals surface area contributed by atoms with Crippen molar-refractivity contribution in [3.63, 3.8) is 0 Å². The van der Waals surface area contributed by atoms with Crippen LogP contribution in [0, 0.1) is 34.5 Å². The van der Waals surface area contributed by atoms with Gasteiger partial charge >= 0.3 is 0 Å². The van der Waals surface area contributed by atoms with Crippen LogP contribution >= 0.6 is 0 Å². The highest BCUT2D eigenvalue weighted by Crippen LogP contribution is 2.66. The van der Waals surface area contributed by atoms with E-state index in [1.54, 1.807) is 5.57 Å². The van der Waals surface area contributed by atoms with E-state index in [4.69, 9.17) is 4.43 Å². The molecule has 2 nitrogen and oxygen atoms in total. The third-order valence-corrected chi connectivity index (χ3v) is 15.4. The summed E-state index contributed by atoms with van der Waals surface area (Å²) in [6, 6.07) is 0. The van der Waals surface area contributed by atoms with Gasteiger partial charge in [-0.05, 0) is 92.2 Å². The Labute approximate surface area is 193 Å². The van der Waals surface area contributed by atoms with Gasteiger partial charge in [0.15, 0.2) is 8.32 Å². The largest absolute Gasteiger partial charge is 0.414 e. The van der Waals surface area contributed by atoms with E-state index in [1.807, 2.05) is 0 Å². The van der Waals surface area contributed by atoms with Gasteiger partial charge in [-0.25, -0.2) is 0 Å². The highest BCUT2D eigenvalue weighted by molar-refractivity contribution is 6.74. The molecule has 3 fully saturated rings. The minimum atomic E-state index is -1.74. The summed E-state index contributed by atoms with van der Waals surface area (Å²) in [6.45, 7) is 19.1. The fraction of sp³-hybridized carbons (Fsp3) is 0.893. The van der Waals surface area contributed by atoms with Crippen molar-refractivity contribution in [1.29, 1.82) is 0 Å². The van der Waals surface area contributed by atoms with Crippen molar-refractivity contribution in [3.8, 4) is 0 Å². The molecule has 0 aromatic rings. The van der Waals surface area contributed by atoms with Gasteiger partial charge in [-0.3, -0.25) is 4.79 Å². The second-order valence-corrected chi connectivity index (χ2v) is 18.3. The predicted octanol–water partition coefficient (Wildman–Crippen LogP) is 7.93. The Kier molecular flexibility index (Phi) is 5.99. The van der Waals surface area contributed by atoms with Crippen LogP contribution < -0.4 is 0 Å². The number of fused-ring (bicyclic) bond motifs is 5. The summed E-state index contributed by atoms with van der Waals surface area (Å²) in [6.07, 6.45) is 13.7. The van der Waals surface area contributed by atoms with E-state index >= 15 is 0 Å². The quantitative estimate of drug-likeness (QED) is 0.325. The van der Waals surface area contributed by atoms with Crippen LogP contribution in [-0.4, -0.2) is 20.2 Å². The molecule has 2 unspecified atom stereocenters. The zero-order valence-electron chi connectivity index (χ0n) is 21.6. The van der Waals surface area contributed by atoms with Gasteiger partial charge in [-0.1, -0.05) is 59.6 Å². The number of carbonyl (C=O) groups is 1. The first kappa shape index (κ1) is 23.7. The number of allylic oxidation sites excluding steroid dienone is 1. The zero-order chi connectivity index (χ0) is 22.8. The normalized spacial score (nSPS) is 43.2. The lowest BCUT2D eigenvalue weighted by Crippen LogP contribution is -2.54. The van der Waals surface area contributed by atoms with Gasteiger partial charge in [0, 0.05) is 17.9 Å². The van der Waals surface area contributed by atoms with E-state index in [0.29, 0.717) is 29.1 Å². The van der Waals surface area contributed by atoms with Crippen LogP contribution in [0.1, 0.15) is 99.3 Å². The summed E-state index contributed by atoms with van der Waals surface area (Å²) in [4.78, 5) is 12.9. The van der Waals surface area contributed by atoms with Gasteiger partial charge in [0.1, 0.15) is 5.78 Å². The van der Waals surface area contributed by atoms with Crippen LogP contribution in [0.4, 0.5) is 0 Å². The molecular formula is C28H48O2Si. The van der Waals surface area contributed by atoms with Crippen molar-refractivity contribution >= 4 is 14.1 Å². The minimum absolute atomic E-state index is 0.0303. The van der Waals surface area contributed by atoms with Crippen LogP contribution in [0.15, 0.2) is 11.6 Å². The Morgan fingerprint density at radius 3 is 2.35 bits per heavy atom. The molecule has 7 atom stereocenters. The van der Waals surface area contributed by atoms with E-state index in [2.05, 4.69) is 60.7 Å². The summed E-state index contributed by atoms with van der Waals surface area (Å²) in [5, 5.41) is 0.271. The molecule has 176 valence electrons. The number of ketones is 1. The number of rotatable bonds is 4. The number of hydrogen-bond donors (Lipinski definition) is 0. The fourth-order valence-corrected chi connectivity index (χ4v) is 9.25. The molecule has 0 heterocycles. The Hall–Kier alpha value is -0.413. The van der Waals surface area contributed by atoms with Crippen LogP contribution in [-0.2, 0) is 9.22 Å². The first-order valence-electron chi connectivity index (χ1n) is 13.3. The maximum atomic E-state index is 12.9. The van der Waals surface area contributed by atoms with Gasteiger partial charge in [-0.2, -0.15) is 0 Å². The van der Waals surface area contributed by atoms with Gasteiger partial charge in [0.2, 0.25) is 0 Å². The molecule has 0 aromatic carbocycles. The Morgan fingerprint density at radius 2 is 1.71 bits per heavy atom. The van der Waals surface area contributed by atoms with Crippen LogP contribution in [0.5, 0.6) is 0 Å². The lowest BCUT2D eigenvalue weighted by Gasteiger charge is -2.59. The fourth-order valence-electron chi connectivity index (χ4n) is 7.86. The molecule has 0 aliphatic heterocycles. The van der Waals surface area contributed by atoms with Crippen LogP contribution in [0.3, 0.4) is 0 Å². The summed E-state index contributed by atoms with van der Waals surface area (Å²) < 4.78 is 6.92. The average Bonchev–Trinajstić information content (AvgIpc) is 2.97. The van der Waals surface area contributed by atoms with E-state index in [-0.39, 0.29) is 10.5 Å². The molecule has 4 aliphatic carbocycles. The number of hydrogen-bond acceptors (Lipinski definition) is 2. The molecule has 0 radical (unpaired) electrons. The summed E-state index contributed by atoms with van der Waals surface area (Å²) in [5.74, 6) is 3.34. The van der Waals surface area contributed by atoms with Crippen LogP contribution in [0.2, 0.25) is 18.1 Å². The highest BCUT2D eigenvalue weighted by atomic mass is 28.4. The molecular weight excluding hydrogens is 396 g/mol. The van der Waals surface area contributed by atoms with Crippen molar-refractivity contribution in [2.45, 2.75) is 124 Å². The van der Waals surface area contributed by atoms with E-state index in [1.165, 1.54) is 32.1 Å². The van der Waals surface area contributed by atoms with Gasteiger partial charge < -0.3 is 4.43 Å². The molecule has 0 saturated heterocycles. The van der Waals surface area contributed by atoms with Crippen molar-refractivity contribution < 1.29 is 9.22 Å². The second kappa shape index (κ2) is 7.83. The molecule has 0 amide bonds. The highest BCUT2D eigenvalue weighted by Gasteiger charge is 2.60. The molecule has 31 heavy (non-hydrogen) atoms. The predicted molar refractivity (Wildman–Crippen MR) is 133 cm³/mol. The van der Waals surface area contributed by atoms with Gasteiger partial charge in [0.25, 0.3) is 0 Å². The third kappa shape index (κ3) is 3.74. The summed E-state index contributed by atoms with van der Waals surface area (Å²) in [7, 11) is -1.74. The Balaban J connectivity index is 1.63. The third-order valence-electron chi connectivity index (χ3n) is 10.8. The molecule has 4 aliphatic rings. The first-order chi connectivity index (χ1) is 14.3. The Bertz CT molecular complexity index is 747. The SMILES string of the molecule is CCCC1C=C2CC(O[Si](C)(C)C(C)(C)C)CC[C@]2(C)[C@@H]2CC[C@]3(C)C(=O)CC[C@H]3[C@H]12. The van der Waals surface area contributed by atoms with Gasteiger partial charge in [-0.15, -0.1) is 0 Å². The second-order valence-electron chi connectivity index (χ2n) is 13.5. The number of Topliss-reactive ketones (excluding diaryl/α,β-unsaturated/α-hetero) is 1. The van der Waals surface area contributed by atoms with E-state index in [0.717, 1.165) is 37.5 Å². The molecule has 0 N–H and O–H groups in total. The van der Waals surface area contributed by atoms with E-state index in [9.17, 15) is 4.79 Å². The molecule has 3 saturated carbocycles. The standard InChI is InChI=1S/C28H48O2Si/c1-9-10-19-17-20-18-21(30-31(7,8)26(2,3)4)13-15-27(20,5)23-14-16-28(6)22(25(19)23)11-12-24(28)29/h17,19,21-23,25H,9-16,18H2,1-8H3/t19?,21?,22-,23+,25-,27-,28-/m0/s1. The molecule has 4 rings (SSSR count). The first-order valence-corrected chi connectivity index (χ1v) is 16.2. The van der Waals surface area contributed by atoms with Crippen molar-refractivity contribution in [2.24, 2.45) is 34.5 Å². The zero-order valence-corrected chi connectivity index (χ0v) is 22.6. The maximum Gasteiger partial charge on any atom is 0.192 e. The summed E-state index contributed by atoms with van der Waals surface area (Å²) in [5.41, 5.74) is 2.02. The monoisotopic (exact) mass is 444 g/mol. The van der Waals surface area contributed by atoms with Crippen LogP contribution in [0.25, 0.3) is 0 Å². The van der Waals surface area contributed by atoms with E-state index < -0.39 is 8.32 Å².